The van der Waals surface area contributed by atoms with Crippen molar-refractivity contribution in [2.75, 3.05) is 18.1 Å². The van der Waals surface area contributed by atoms with Gasteiger partial charge < -0.3 is 15.6 Å². The number of fused-ring (bicyclic) bond motifs is 3. The van der Waals surface area contributed by atoms with Gasteiger partial charge in [-0.1, -0.05) is 11.8 Å². The molecule has 2 aromatic heterocycles. The molecule has 0 amide bonds. The van der Waals surface area contributed by atoms with Gasteiger partial charge in [-0.15, -0.1) is 11.3 Å². The topological polar surface area (TPSA) is 81.3 Å². The number of thioether (sulfide) groups is 1. The van der Waals surface area contributed by atoms with Gasteiger partial charge in [0.15, 0.2) is 5.16 Å². The van der Waals surface area contributed by atoms with Gasteiger partial charge in [-0.2, -0.15) is 0 Å². The molecule has 7 heteroatoms. The monoisotopic (exact) mass is 311 g/mol. The van der Waals surface area contributed by atoms with E-state index in [4.69, 9.17) is 15.6 Å². The molecule has 0 bridgehead atoms. The summed E-state index contributed by atoms with van der Waals surface area (Å²) in [6.07, 6.45) is 0.832. The van der Waals surface area contributed by atoms with Crippen LogP contribution in [0, 0.1) is 0 Å². The first-order valence-corrected chi connectivity index (χ1v) is 8.26. The summed E-state index contributed by atoms with van der Waals surface area (Å²) in [5, 5.41) is 10.5. The van der Waals surface area contributed by atoms with Gasteiger partial charge in [-0.25, -0.2) is 9.97 Å². The zero-order valence-corrected chi connectivity index (χ0v) is 13.1. The molecule has 0 aromatic carbocycles. The van der Waals surface area contributed by atoms with E-state index >= 15 is 0 Å². The Labute approximate surface area is 125 Å². The largest absolute Gasteiger partial charge is 0.396 e. The van der Waals surface area contributed by atoms with E-state index in [2.05, 4.69) is 23.8 Å². The fourth-order valence-corrected chi connectivity index (χ4v) is 4.12. The second-order valence-corrected chi connectivity index (χ2v) is 7.52. The van der Waals surface area contributed by atoms with Crippen LogP contribution in [0.25, 0.3) is 10.2 Å². The summed E-state index contributed by atoms with van der Waals surface area (Å²) in [6.45, 7) is 4.89. The van der Waals surface area contributed by atoms with E-state index in [0.717, 1.165) is 16.6 Å². The second kappa shape index (κ2) is 5.14. The maximum atomic E-state index is 8.88. The lowest BCUT2D eigenvalue weighted by molar-refractivity contribution is -0.0379. The van der Waals surface area contributed by atoms with Crippen molar-refractivity contribution < 1.29 is 9.84 Å². The molecule has 0 saturated heterocycles. The van der Waals surface area contributed by atoms with Crippen LogP contribution in [0.15, 0.2) is 5.16 Å². The molecule has 0 saturated carbocycles. The van der Waals surface area contributed by atoms with Crippen LogP contribution in [-0.4, -0.2) is 33.0 Å². The van der Waals surface area contributed by atoms with Crippen molar-refractivity contribution in [1.29, 1.82) is 0 Å². The summed E-state index contributed by atoms with van der Waals surface area (Å²) in [5.74, 6) is 1.11. The maximum Gasteiger partial charge on any atom is 0.190 e. The zero-order chi connectivity index (χ0) is 14.3. The van der Waals surface area contributed by atoms with Crippen LogP contribution in [0.5, 0.6) is 0 Å². The lowest BCUT2D eigenvalue weighted by Crippen LogP contribution is -2.31. The molecule has 108 valence electrons. The normalized spacial score (nSPS) is 17.4. The van der Waals surface area contributed by atoms with Gasteiger partial charge in [0, 0.05) is 17.1 Å². The number of hydrogen-bond donors (Lipinski definition) is 2. The number of nitrogen functional groups attached to an aromatic ring is 1. The summed E-state index contributed by atoms with van der Waals surface area (Å²) in [4.78, 5) is 11.0. The lowest BCUT2D eigenvalue weighted by Gasteiger charge is -2.30. The predicted octanol–water partition coefficient (Wildman–Crippen LogP) is 2.21. The standard InChI is InChI=1S/C13H17N3O2S2/c1-13(2)5-7-8(6-18-13)20-11-9(7)10(14)15-12(16-11)19-4-3-17/h17H,3-6H2,1-2H3,(H2,14,15,16). The minimum Gasteiger partial charge on any atom is -0.396 e. The van der Waals surface area contributed by atoms with Gasteiger partial charge in [-0.3, -0.25) is 0 Å². The molecule has 0 radical (unpaired) electrons. The molecule has 0 fully saturated rings. The van der Waals surface area contributed by atoms with E-state index < -0.39 is 0 Å². The molecule has 3 heterocycles. The van der Waals surface area contributed by atoms with Crippen molar-refractivity contribution in [2.45, 2.75) is 37.6 Å². The molecule has 0 spiro atoms. The molecule has 2 aromatic rings. The molecular weight excluding hydrogens is 294 g/mol. The maximum absolute atomic E-state index is 8.88. The molecule has 1 aliphatic rings. The highest BCUT2D eigenvalue weighted by Crippen LogP contribution is 2.40. The van der Waals surface area contributed by atoms with E-state index in [-0.39, 0.29) is 12.2 Å². The first kappa shape index (κ1) is 14.1. The lowest BCUT2D eigenvalue weighted by atomic mass is 9.94. The van der Waals surface area contributed by atoms with Crippen LogP contribution in [0.4, 0.5) is 5.82 Å². The third-order valence-corrected chi connectivity index (χ3v) is 5.19. The molecule has 0 unspecified atom stereocenters. The van der Waals surface area contributed by atoms with Gasteiger partial charge in [0.05, 0.1) is 24.2 Å². The fraction of sp³-hybridized carbons (Fsp3) is 0.538. The van der Waals surface area contributed by atoms with Crippen LogP contribution < -0.4 is 5.73 Å². The van der Waals surface area contributed by atoms with E-state index in [1.165, 1.54) is 22.2 Å². The first-order chi connectivity index (χ1) is 9.50. The van der Waals surface area contributed by atoms with E-state index in [0.29, 0.717) is 23.3 Å². The van der Waals surface area contributed by atoms with Crippen molar-refractivity contribution in [2.24, 2.45) is 0 Å². The second-order valence-electron chi connectivity index (χ2n) is 5.37. The number of anilines is 1. The quantitative estimate of drug-likeness (QED) is 0.668. The summed E-state index contributed by atoms with van der Waals surface area (Å²) in [7, 11) is 0. The Morgan fingerprint density at radius 1 is 1.45 bits per heavy atom. The fourth-order valence-electron chi connectivity index (χ4n) is 2.35. The Morgan fingerprint density at radius 2 is 2.25 bits per heavy atom. The van der Waals surface area contributed by atoms with E-state index in [1.54, 1.807) is 11.3 Å². The van der Waals surface area contributed by atoms with Crippen LogP contribution in [0.2, 0.25) is 0 Å². The van der Waals surface area contributed by atoms with Crippen molar-refractivity contribution in [3.8, 4) is 0 Å². The number of aromatic nitrogens is 2. The summed E-state index contributed by atoms with van der Waals surface area (Å²) in [6, 6.07) is 0. The molecule has 3 N–H and O–H groups in total. The van der Waals surface area contributed by atoms with Gasteiger partial charge in [0.1, 0.15) is 10.6 Å². The number of nitrogens with zero attached hydrogens (tertiary/aromatic N) is 2. The van der Waals surface area contributed by atoms with E-state index in [1.807, 2.05) is 0 Å². The number of thiophene rings is 1. The number of aliphatic hydroxyl groups is 1. The van der Waals surface area contributed by atoms with Crippen LogP contribution in [0.1, 0.15) is 24.3 Å². The SMILES string of the molecule is CC1(C)Cc2c(sc3nc(SCCO)nc(N)c23)CO1. The van der Waals surface area contributed by atoms with Gasteiger partial charge >= 0.3 is 0 Å². The van der Waals surface area contributed by atoms with Gasteiger partial charge in [-0.05, 0) is 19.4 Å². The van der Waals surface area contributed by atoms with Crippen molar-refractivity contribution in [3.63, 3.8) is 0 Å². The van der Waals surface area contributed by atoms with Gasteiger partial charge in [0.2, 0.25) is 0 Å². The number of aliphatic hydroxyl groups excluding tert-OH is 1. The molecule has 0 atom stereocenters. The number of hydrogen-bond acceptors (Lipinski definition) is 7. The average Bonchev–Trinajstić information content (AvgIpc) is 2.73. The van der Waals surface area contributed by atoms with Crippen molar-refractivity contribution >= 4 is 39.1 Å². The smallest absolute Gasteiger partial charge is 0.190 e. The van der Waals surface area contributed by atoms with Crippen molar-refractivity contribution in [3.05, 3.63) is 10.4 Å². The Hall–Kier alpha value is -0.890. The molecule has 20 heavy (non-hydrogen) atoms. The molecule has 0 aliphatic carbocycles. The van der Waals surface area contributed by atoms with Gasteiger partial charge in [0.25, 0.3) is 0 Å². The Balaban J connectivity index is 2.07. The summed E-state index contributed by atoms with van der Waals surface area (Å²) < 4.78 is 5.84. The van der Waals surface area contributed by atoms with Crippen LogP contribution in [-0.2, 0) is 17.8 Å². The predicted molar refractivity (Wildman–Crippen MR) is 82.2 cm³/mol. The highest BCUT2D eigenvalue weighted by Gasteiger charge is 2.30. The Morgan fingerprint density at radius 3 is 3.00 bits per heavy atom. The third kappa shape index (κ3) is 2.50. The summed E-state index contributed by atoms with van der Waals surface area (Å²) in [5.41, 5.74) is 7.19. The Bertz CT molecular complexity index is 655. The Kier molecular flexibility index (Phi) is 3.62. The van der Waals surface area contributed by atoms with Crippen LogP contribution in [0.3, 0.4) is 0 Å². The number of rotatable bonds is 3. The molecule has 1 aliphatic heterocycles. The molecule has 5 nitrogen and oxygen atoms in total. The summed E-state index contributed by atoms with van der Waals surface area (Å²) >= 11 is 3.05. The highest BCUT2D eigenvalue weighted by molar-refractivity contribution is 7.99. The zero-order valence-electron chi connectivity index (χ0n) is 11.5. The third-order valence-electron chi connectivity index (χ3n) is 3.26. The van der Waals surface area contributed by atoms with Crippen LogP contribution >= 0.6 is 23.1 Å². The average molecular weight is 311 g/mol. The minimum atomic E-state index is -0.169. The number of ether oxygens (including phenoxy) is 1. The first-order valence-electron chi connectivity index (χ1n) is 6.45. The minimum absolute atomic E-state index is 0.106. The van der Waals surface area contributed by atoms with E-state index in [9.17, 15) is 0 Å². The molecule has 3 rings (SSSR count). The highest BCUT2D eigenvalue weighted by atomic mass is 32.2. The van der Waals surface area contributed by atoms with Crippen molar-refractivity contribution in [1.82, 2.24) is 9.97 Å². The molecular formula is C13H17N3O2S2. The number of nitrogens with two attached hydrogens (primary N) is 1.